The first-order chi connectivity index (χ1) is 8.37. The summed E-state index contributed by atoms with van der Waals surface area (Å²) in [6.07, 6.45) is 0. The first kappa shape index (κ1) is 16.9. The zero-order chi connectivity index (χ0) is 14.3. The van der Waals surface area contributed by atoms with Crippen LogP contribution in [0.1, 0.15) is 30.5 Å². The summed E-state index contributed by atoms with van der Waals surface area (Å²) in [6.45, 7) is 3.02. The van der Waals surface area contributed by atoms with Crippen molar-refractivity contribution in [3.05, 3.63) is 28.8 Å². The maximum absolute atomic E-state index is 10.7. The summed E-state index contributed by atoms with van der Waals surface area (Å²) >= 11 is 0. The molecule has 1 rings (SSSR count). The quantitative estimate of drug-likeness (QED) is 0.605. The van der Waals surface area contributed by atoms with E-state index in [2.05, 4.69) is 0 Å². The van der Waals surface area contributed by atoms with Gasteiger partial charge in [-0.2, -0.15) is 8.42 Å². The third-order valence-corrected chi connectivity index (χ3v) is 2.72. The third-order valence-electron chi connectivity index (χ3n) is 2.02. The van der Waals surface area contributed by atoms with Crippen molar-refractivity contribution < 1.29 is 28.3 Å². The Morgan fingerprint density at radius 1 is 1.06 bits per heavy atom. The van der Waals surface area contributed by atoms with Gasteiger partial charge in [0.25, 0.3) is 10.1 Å². The molecule has 104 valence electrons. The molecule has 6 nitrogen and oxygen atoms in total. The summed E-state index contributed by atoms with van der Waals surface area (Å²) in [5.41, 5.74) is 0.392. The number of hydrogen-bond donors (Lipinski definition) is 4. The molecule has 4 N–H and O–H groups in total. The monoisotopic (exact) mass is 278 g/mol. The number of aromatic hydroxyl groups is 1. The molecular formula is C11H18O6S. The Balaban J connectivity index is 0.00000137. The summed E-state index contributed by atoms with van der Waals surface area (Å²) in [5.74, 6) is -0.906. The fraction of sp³-hybridized carbons (Fsp3) is 0.455. The summed E-state index contributed by atoms with van der Waals surface area (Å²) in [5, 5.41) is 27.3. The van der Waals surface area contributed by atoms with Crippen LogP contribution in [-0.4, -0.2) is 28.3 Å². The van der Waals surface area contributed by atoms with E-state index in [4.69, 9.17) is 14.8 Å². The second-order valence-electron chi connectivity index (χ2n) is 3.31. The van der Waals surface area contributed by atoms with Gasteiger partial charge in [0.15, 0.2) is 0 Å². The summed E-state index contributed by atoms with van der Waals surface area (Å²) in [7, 11) is -4.18. The number of benzene rings is 1. The van der Waals surface area contributed by atoms with Gasteiger partial charge >= 0.3 is 0 Å². The van der Waals surface area contributed by atoms with E-state index >= 15 is 0 Å². The normalized spacial score (nSPS) is 10.7. The van der Waals surface area contributed by atoms with Gasteiger partial charge in [-0.15, -0.1) is 0 Å². The Bertz CT molecular complexity index is 455. The largest absolute Gasteiger partial charge is 0.507 e. The molecule has 0 saturated heterocycles. The number of phenols is 1. The highest BCUT2D eigenvalue weighted by Crippen LogP contribution is 2.25. The van der Waals surface area contributed by atoms with Crippen molar-refractivity contribution in [2.24, 2.45) is 0 Å². The van der Waals surface area contributed by atoms with Crippen LogP contribution in [-0.2, 0) is 29.1 Å². The number of aliphatic hydroxyl groups excluding tert-OH is 2. The van der Waals surface area contributed by atoms with Crippen molar-refractivity contribution >= 4 is 10.1 Å². The molecule has 0 atom stereocenters. The summed E-state index contributed by atoms with van der Waals surface area (Å²) in [6, 6.07) is 2.50. The van der Waals surface area contributed by atoms with Crippen LogP contribution in [0.25, 0.3) is 0 Å². The Morgan fingerprint density at radius 3 is 1.72 bits per heavy atom. The van der Waals surface area contributed by atoms with Crippen LogP contribution in [0.2, 0.25) is 0 Å². The Hall–Kier alpha value is -1.15. The van der Waals surface area contributed by atoms with Crippen molar-refractivity contribution in [2.75, 3.05) is 0 Å². The van der Waals surface area contributed by atoms with Crippen molar-refractivity contribution in [1.29, 1.82) is 0 Å². The van der Waals surface area contributed by atoms with Crippen LogP contribution in [0.5, 0.6) is 5.75 Å². The Morgan fingerprint density at radius 2 is 1.44 bits per heavy atom. The predicted molar refractivity (Wildman–Crippen MR) is 66.6 cm³/mol. The minimum atomic E-state index is -4.18. The standard InChI is InChI=1S/C9H12O6S.C2H6/c10-3-7-1-6(5-16(13,14)15)2-8(4-11)9(7)12;1-2/h1-2,10-12H,3-5H2,(H,13,14,15);1-2H3. The van der Waals surface area contributed by atoms with Gasteiger partial charge in [-0.3, -0.25) is 4.55 Å². The van der Waals surface area contributed by atoms with E-state index < -0.39 is 29.1 Å². The van der Waals surface area contributed by atoms with Crippen molar-refractivity contribution in [2.45, 2.75) is 32.8 Å². The average molecular weight is 278 g/mol. The lowest BCUT2D eigenvalue weighted by Gasteiger charge is -2.09. The van der Waals surface area contributed by atoms with Crippen LogP contribution in [0.15, 0.2) is 12.1 Å². The average Bonchev–Trinajstić information content (AvgIpc) is 2.32. The lowest BCUT2D eigenvalue weighted by Crippen LogP contribution is -2.03. The molecule has 7 heteroatoms. The van der Waals surface area contributed by atoms with Crippen molar-refractivity contribution in [3.8, 4) is 5.75 Å². The molecular weight excluding hydrogens is 260 g/mol. The second kappa shape index (κ2) is 7.32. The zero-order valence-electron chi connectivity index (χ0n) is 10.3. The van der Waals surface area contributed by atoms with E-state index in [0.29, 0.717) is 0 Å². The Labute approximate surface area is 106 Å². The molecule has 0 aliphatic rings. The molecule has 0 heterocycles. The molecule has 0 bridgehead atoms. The lowest BCUT2D eigenvalue weighted by atomic mass is 10.1. The van der Waals surface area contributed by atoms with E-state index in [0.717, 1.165) is 0 Å². The van der Waals surface area contributed by atoms with Crippen LogP contribution >= 0.6 is 0 Å². The van der Waals surface area contributed by atoms with Gasteiger partial charge in [-0.25, -0.2) is 0 Å². The number of hydrogen-bond acceptors (Lipinski definition) is 5. The number of aliphatic hydroxyl groups is 2. The maximum atomic E-state index is 10.7. The molecule has 0 aliphatic carbocycles. The third kappa shape index (κ3) is 5.01. The second-order valence-corrected chi connectivity index (χ2v) is 4.76. The van der Waals surface area contributed by atoms with E-state index in [-0.39, 0.29) is 22.4 Å². The van der Waals surface area contributed by atoms with Gasteiger partial charge < -0.3 is 15.3 Å². The SMILES string of the molecule is CC.O=S(=O)(O)Cc1cc(CO)c(O)c(CO)c1. The molecule has 0 saturated carbocycles. The molecule has 0 aromatic heterocycles. The topological polar surface area (TPSA) is 115 Å². The van der Waals surface area contributed by atoms with Gasteiger partial charge in [-0.05, 0) is 17.7 Å². The van der Waals surface area contributed by atoms with Crippen molar-refractivity contribution in [3.63, 3.8) is 0 Å². The predicted octanol–water partition coefficient (Wildman–Crippen LogP) is 0.791. The van der Waals surface area contributed by atoms with Crippen molar-refractivity contribution in [1.82, 2.24) is 0 Å². The molecule has 0 unspecified atom stereocenters. The fourth-order valence-corrected chi connectivity index (χ4v) is 1.96. The smallest absolute Gasteiger partial charge is 0.269 e. The summed E-state index contributed by atoms with van der Waals surface area (Å²) < 4.78 is 30.0. The van der Waals surface area contributed by atoms with E-state index in [1.54, 1.807) is 0 Å². The molecule has 0 spiro atoms. The fourth-order valence-electron chi connectivity index (χ4n) is 1.37. The molecule has 0 radical (unpaired) electrons. The first-order valence-electron chi connectivity index (χ1n) is 5.38. The van der Waals surface area contributed by atoms with E-state index in [1.165, 1.54) is 12.1 Å². The van der Waals surface area contributed by atoms with Gasteiger partial charge in [0, 0.05) is 11.1 Å². The van der Waals surface area contributed by atoms with Gasteiger partial charge in [-0.1, -0.05) is 13.8 Å². The van der Waals surface area contributed by atoms with Gasteiger partial charge in [0.05, 0.1) is 13.2 Å². The maximum Gasteiger partial charge on any atom is 0.269 e. The van der Waals surface area contributed by atoms with E-state index in [9.17, 15) is 13.5 Å². The summed E-state index contributed by atoms with van der Waals surface area (Å²) in [4.78, 5) is 0. The van der Waals surface area contributed by atoms with Crippen LogP contribution < -0.4 is 0 Å². The highest BCUT2D eigenvalue weighted by atomic mass is 32.2. The molecule has 0 fully saturated rings. The molecule has 0 amide bonds. The molecule has 0 aliphatic heterocycles. The lowest BCUT2D eigenvalue weighted by molar-refractivity contribution is 0.263. The Kier molecular flexibility index (Phi) is 6.85. The molecule has 18 heavy (non-hydrogen) atoms. The zero-order valence-corrected chi connectivity index (χ0v) is 11.1. The van der Waals surface area contributed by atoms with Crippen LogP contribution in [0.4, 0.5) is 0 Å². The van der Waals surface area contributed by atoms with Gasteiger partial charge in [0.1, 0.15) is 11.5 Å². The minimum Gasteiger partial charge on any atom is -0.507 e. The number of rotatable bonds is 4. The highest BCUT2D eigenvalue weighted by Gasteiger charge is 2.13. The van der Waals surface area contributed by atoms with Gasteiger partial charge in [0.2, 0.25) is 0 Å². The highest BCUT2D eigenvalue weighted by molar-refractivity contribution is 7.85. The minimum absolute atomic E-state index is 0.102. The van der Waals surface area contributed by atoms with Crippen LogP contribution in [0.3, 0.4) is 0 Å². The van der Waals surface area contributed by atoms with Crippen LogP contribution in [0, 0.1) is 0 Å². The molecule has 1 aromatic carbocycles. The molecule has 1 aromatic rings. The van der Waals surface area contributed by atoms with E-state index in [1.807, 2.05) is 13.8 Å². The first-order valence-corrected chi connectivity index (χ1v) is 6.99.